The molecule has 0 aromatic heterocycles. The van der Waals surface area contributed by atoms with Crippen molar-refractivity contribution in [3.63, 3.8) is 0 Å². The number of alkyl halides is 1. The number of ether oxygens (including phenoxy) is 2. The Kier molecular flexibility index (Phi) is 2.79. The van der Waals surface area contributed by atoms with Gasteiger partial charge in [0.2, 0.25) is 0 Å². The topological polar surface area (TPSA) is 21.7 Å². The molecule has 3 fully saturated rings. The van der Waals surface area contributed by atoms with Gasteiger partial charge in [-0.15, -0.1) is 0 Å². The average Bonchev–Trinajstić information content (AvgIpc) is 2.98. The second-order valence-corrected chi connectivity index (χ2v) is 5.75. The van der Waals surface area contributed by atoms with Crippen LogP contribution in [0.1, 0.15) is 12.8 Å². The summed E-state index contributed by atoms with van der Waals surface area (Å²) < 4.78 is 11.2. The first-order valence-corrected chi connectivity index (χ1v) is 6.92. The van der Waals surface area contributed by atoms with Gasteiger partial charge in [0.1, 0.15) is 0 Å². The van der Waals surface area contributed by atoms with E-state index in [1.54, 1.807) is 0 Å². The minimum atomic E-state index is 0.508. The van der Waals surface area contributed by atoms with E-state index in [-0.39, 0.29) is 0 Å². The Morgan fingerprint density at radius 1 is 1.07 bits per heavy atom. The Morgan fingerprint density at radius 3 is 2.00 bits per heavy atom. The molecule has 0 atom stereocenters. The van der Waals surface area contributed by atoms with Gasteiger partial charge in [-0.1, -0.05) is 15.9 Å². The third kappa shape index (κ3) is 1.97. The maximum atomic E-state index is 5.60. The molecule has 2 bridgehead atoms. The highest BCUT2D eigenvalue weighted by molar-refractivity contribution is 9.09. The molecule has 3 rings (SSSR count). The van der Waals surface area contributed by atoms with Gasteiger partial charge >= 0.3 is 0 Å². The Morgan fingerprint density at radius 2 is 1.60 bits per heavy atom. The lowest BCUT2D eigenvalue weighted by molar-refractivity contribution is -0.141. The zero-order chi connectivity index (χ0) is 10.3. The Hall–Kier alpha value is 0.360. The van der Waals surface area contributed by atoms with Crippen LogP contribution < -0.4 is 0 Å². The molecular weight excluding hydrogens is 258 g/mol. The molecule has 15 heavy (non-hydrogen) atoms. The van der Waals surface area contributed by atoms with Crippen molar-refractivity contribution >= 4 is 15.9 Å². The van der Waals surface area contributed by atoms with E-state index in [9.17, 15) is 0 Å². The molecule has 3 nitrogen and oxygen atoms in total. The number of halogens is 1. The van der Waals surface area contributed by atoms with Crippen molar-refractivity contribution in [3.8, 4) is 0 Å². The quantitative estimate of drug-likeness (QED) is 0.724. The number of morpholine rings is 2. The summed E-state index contributed by atoms with van der Waals surface area (Å²) >= 11 is 3.65. The lowest BCUT2D eigenvalue weighted by atomic mass is 10.0. The molecule has 0 spiro atoms. The summed E-state index contributed by atoms with van der Waals surface area (Å²) in [6.45, 7) is 4.66. The van der Waals surface area contributed by atoms with Gasteiger partial charge in [-0.25, -0.2) is 0 Å². The highest BCUT2D eigenvalue weighted by Gasteiger charge is 2.47. The van der Waals surface area contributed by atoms with Crippen molar-refractivity contribution in [1.82, 2.24) is 4.90 Å². The van der Waals surface area contributed by atoms with Crippen molar-refractivity contribution < 1.29 is 9.47 Å². The lowest BCUT2D eigenvalue weighted by Crippen LogP contribution is -2.60. The van der Waals surface area contributed by atoms with Crippen LogP contribution in [0.2, 0.25) is 0 Å². The van der Waals surface area contributed by atoms with E-state index >= 15 is 0 Å². The number of nitrogens with zero attached hydrogens (tertiary/aromatic N) is 1. The van der Waals surface area contributed by atoms with Crippen LogP contribution in [0.3, 0.4) is 0 Å². The summed E-state index contributed by atoms with van der Waals surface area (Å²) in [5, 5.41) is 1.15. The van der Waals surface area contributed by atoms with Crippen LogP contribution in [0.5, 0.6) is 0 Å². The molecule has 4 heteroatoms. The van der Waals surface area contributed by atoms with Gasteiger partial charge in [0.15, 0.2) is 0 Å². The summed E-state index contributed by atoms with van der Waals surface area (Å²) in [5.74, 6) is 0. The van der Waals surface area contributed by atoms with E-state index in [1.807, 2.05) is 0 Å². The van der Waals surface area contributed by atoms with Gasteiger partial charge in [0, 0.05) is 11.9 Å². The minimum Gasteiger partial charge on any atom is -0.378 e. The lowest BCUT2D eigenvalue weighted by Gasteiger charge is -2.46. The van der Waals surface area contributed by atoms with Gasteiger partial charge < -0.3 is 9.47 Å². The first-order valence-electron chi connectivity index (χ1n) is 5.80. The maximum absolute atomic E-state index is 5.60. The van der Waals surface area contributed by atoms with Crippen LogP contribution in [0.15, 0.2) is 0 Å². The zero-order valence-electron chi connectivity index (χ0n) is 8.95. The maximum Gasteiger partial charge on any atom is 0.0645 e. The van der Waals surface area contributed by atoms with Gasteiger partial charge in [-0.2, -0.15) is 0 Å². The van der Waals surface area contributed by atoms with Crippen LogP contribution in [-0.2, 0) is 9.47 Å². The summed E-state index contributed by atoms with van der Waals surface area (Å²) in [5.41, 5.74) is 0.575. The fourth-order valence-corrected chi connectivity index (χ4v) is 3.35. The largest absolute Gasteiger partial charge is 0.378 e. The van der Waals surface area contributed by atoms with Gasteiger partial charge in [0.05, 0.1) is 38.5 Å². The second kappa shape index (κ2) is 3.99. The number of fused-ring (bicyclic) bond motifs is 2. The van der Waals surface area contributed by atoms with Crippen LogP contribution in [0, 0.1) is 5.41 Å². The third-order valence-corrected chi connectivity index (χ3v) is 5.13. The van der Waals surface area contributed by atoms with E-state index in [0.29, 0.717) is 17.5 Å². The highest BCUT2D eigenvalue weighted by Crippen LogP contribution is 2.48. The zero-order valence-corrected chi connectivity index (χ0v) is 10.5. The van der Waals surface area contributed by atoms with E-state index in [0.717, 1.165) is 31.8 Å². The van der Waals surface area contributed by atoms with Gasteiger partial charge in [0.25, 0.3) is 0 Å². The van der Waals surface area contributed by atoms with Crippen LogP contribution in [0.4, 0.5) is 0 Å². The molecule has 0 radical (unpaired) electrons. The van der Waals surface area contributed by atoms with Gasteiger partial charge in [-0.3, -0.25) is 4.90 Å². The van der Waals surface area contributed by atoms with E-state index < -0.39 is 0 Å². The molecular formula is C11H18BrNO2. The smallest absolute Gasteiger partial charge is 0.0645 e. The first-order chi connectivity index (χ1) is 7.33. The normalized spacial score (nSPS) is 39.0. The molecule has 0 amide bonds. The fourth-order valence-electron chi connectivity index (χ4n) is 2.61. The van der Waals surface area contributed by atoms with E-state index in [4.69, 9.17) is 9.47 Å². The van der Waals surface area contributed by atoms with E-state index in [1.165, 1.54) is 19.4 Å². The molecule has 0 N–H and O–H groups in total. The number of rotatable bonds is 3. The van der Waals surface area contributed by atoms with Gasteiger partial charge in [-0.05, 0) is 18.3 Å². The monoisotopic (exact) mass is 275 g/mol. The molecule has 0 unspecified atom stereocenters. The van der Waals surface area contributed by atoms with Crippen molar-refractivity contribution in [1.29, 1.82) is 0 Å². The Labute approximate surface area is 99.2 Å². The molecule has 3 aliphatic rings. The van der Waals surface area contributed by atoms with Crippen LogP contribution in [-0.4, -0.2) is 55.3 Å². The van der Waals surface area contributed by atoms with Crippen molar-refractivity contribution in [2.24, 2.45) is 5.41 Å². The minimum absolute atomic E-state index is 0.508. The van der Waals surface area contributed by atoms with Crippen LogP contribution in [0.25, 0.3) is 0 Å². The fraction of sp³-hybridized carbons (Fsp3) is 1.00. The Balaban J connectivity index is 1.68. The number of hydrogen-bond acceptors (Lipinski definition) is 3. The summed E-state index contributed by atoms with van der Waals surface area (Å²) in [6.07, 6.45) is 2.77. The second-order valence-electron chi connectivity index (χ2n) is 5.19. The first kappa shape index (κ1) is 10.5. The predicted molar refractivity (Wildman–Crippen MR) is 61.4 cm³/mol. The SMILES string of the molecule is BrCC1(CN2C3COCC2COC3)CC1. The standard InChI is InChI=1S/C11H18BrNO2/c12-7-11(1-2-11)8-13-9-3-14-5-10(13)6-15-4-9/h9-10H,1-8H2. The summed E-state index contributed by atoms with van der Waals surface area (Å²) in [4.78, 5) is 2.64. The van der Waals surface area contributed by atoms with E-state index in [2.05, 4.69) is 20.8 Å². The molecule has 2 heterocycles. The summed E-state index contributed by atoms with van der Waals surface area (Å²) in [6, 6.07) is 1.02. The van der Waals surface area contributed by atoms with Crippen molar-refractivity contribution in [2.45, 2.75) is 24.9 Å². The molecule has 86 valence electrons. The molecule has 0 aromatic rings. The van der Waals surface area contributed by atoms with Crippen molar-refractivity contribution in [3.05, 3.63) is 0 Å². The number of hydrogen-bond donors (Lipinski definition) is 0. The molecule has 1 saturated carbocycles. The molecule has 1 aliphatic carbocycles. The molecule has 2 aliphatic heterocycles. The molecule has 2 saturated heterocycles. The summed E-state index contributed by atoms with van der Waals surface area (Å²) in [7, 11) is 0. The van der Waals surface area contributed by atoms with Crippen LogP contribution >= 0.6 is 15.9 Å². The average molecular weight is 276 g/mol. The molecule has 0 aromatic carbocycles. The Bertz CT molecular complexity index is 223. The van der Waals surface area contributed by atoms with Crippen molar-refractivity contribution in [2.75, 3.05) is 38.3 Å². The highest BCUT2D eigenvalue weighted by atomic mass is 79.9. The third-order valence-electron chi connectivity index (χ3n) is 3.94. The predicted octanol–water partition coefficient (Wildman–Crippen LogP) is 1.26.